The van der Waals surface area contributed by atoms with Crippen molar-refractivity contribution >= 4 is 12.0 Å². The third kappa shape index (κ3) is 6.75. The van der Waals surface area contributed by atoms with Gasteiger partial charge in [-0.1, -0.05) is 13.8 Å². The van der Waals surface area contributed by atoms with E-state index in [1.54, 1.807) is 11.9 Å². The van der Waals surface area contributed by atoms with Gasteiger partial charge in [0.05, 0.1) is 7.11 Å². The normalized spacial score (nSPS) is 10.5. The first-order chi connectivity index (χ1) is 9.49. The molecule has 0 aromatic rings. The zero-order valence-electron chi connectivity index (χ0n) is 13.5. The van der Waals surface area contributed by atoms with Crippen molar-refractivity contribution in [1.29, 1.82) is 0 Å². The number of carbonyl (C=O) groups excluding carboxylic acids is 2. The first-order valence-electron chi connectivity index (χ1n) is 7.29. The molecule has 0 aromatic heterocycles. The quantitative estimate of drug-likeness (QED) is 0.641. The maximum atomic E-state index is 12.1. The highest BCUT2D eigenvalue weighted by Crippen LogP contribution is 1.98. The second kappa shape index (κ2) is 10.5. The van der Waals surface area contributed by atoms with Gasteiger partial charge < -0.3 is 19.4 Å². The summed E-state index contributed by atoms with van der Waals surface area (Å²) in [6, 6.07) is 0. The Morgan fingerprint density at radius 1 is 1.00 bits per heavy atom. The lowest BCUT2D eigenvalue weighted by Crippen LogP contribution is -2.42. The van der Waals surface area contributed by atoms with Gasteiger partial charge in [-0.25, -0.2) is 4.79 Å². The summed E-state index contributed by atoms with van der Waals surface area (Å²) in [7, 11) is 2.87. The van der Waals surface area contributed by atoms with Gasteiger partial charge in [-0.2, -0.15) is 0 Å². The molecule has 0 fully saturated rings. The van der Waals surface area contributed by atoms with Crippen LogP contribution in [-0.4, -0.2) is 80.1 Å². The van der Waals surface area contributed by atoms with Gasteiger partial charge in [0.1, 0.15) is 6.54 Å². The van der Waals surface area contributed by atoms with Crippen molar-refractivity contribution in [3.05, 3.63) is 0 Å². The van der Waals surface area contributed by atoms with Crippen LogP contribution in [0.2, 0.25) is 0 Å². The van der Waals surface area contributed by atoms with Crippen LogP contribution in [0.25, 0.3) is 0 Å². The Kier molecular flexibility index (Phi) is 9.80. The van der Waals surface area contributed by atoms with Crippen molar-refractivity contribution in [3.8, 4) is 0 Å². The number of likely N-dealkylation sites (N-methyl/N-ethyl adjacent to an activating group) is 2. The van der Waals surface area contributed by atoms with E-state index in [0.29, 0.717) is 6.54 Å². The minimum absolute atomic E-state index is 0.0417. The molecule has 0 radical (unpaired) electrons. The Morgan fingerprint density at radius 2 is 1.60 bits per heavy atom. The van der Waals surface area contributed by atoms with Crippen LogP contribution in [0.15, 0.2) is 0 Å². The number of rotatable bonds is 9. The molecule has 118 valence electrons. The van der Waals surface area contributed by atoms with E-state index in [9.17, 15) is 9.59 Å². The molecule has 0 unspecified atom stereocenters. The molecule has 0 spiro atoms. The molecule has 0 aliphatic heterocycles. The molecule has 0 heterocycles. The molecule has 20 heavy (non-hydrogen) atoms. The van der Waals surface area contributed by atoms with E-state index in [-0.39, 0.29) is 12.5 Å². The number of nitrogens with zero attached hydrogens (tertiary/aromatic N) is 3. The first-order valence-corrected chi connectivity index (χ1v) is 7.29. The van der Waals surface area contributed by atoms with Gasteiger partial charge in [0.15, 0.2) is 0 Å². The molecule has 0 N–H and O–H groups in total. The lowest BCUT2D eigenvalue weighted by atomic mass is 10.3. The average molecular weight is 287 g/mol. The third-order valence-corrected chi connectivity index (χ3v) is 3.39. The lowest BCUT2D eigenvalue weighted by molar-refractivity contribution is -0.131. The molecule has 2 amide bonds. The summed E-state index contributed by atoms with van der Waals surface area (Å²) in [5, 5.41) is 0. The summed E-state index contributed by atoms with van der Waals surface area (Å²) in [4.78, 5) is 28.7. The summed E-state index contributed by atoms with van der Waals surface area (Å²) in [5.74, 6) is -0.0417. The van der Waals surface area contributed by atoms with Crippen LogP contribution in [0.5, 0.6) is 0 Å². The molecule has 6 nitrogen and oxygen atoms in total. The van der Waals surface area contributed by atoms with E-state index < -0.39 is 6.09 Å². The average Bonchev–Trinajstić information content (AvgIpc) is 2.46. The Balaban J connectivity index is 4.18. The Bertz CT molecular complexity index is 293. The van der Waals surface area contributed by atoms with E-state index in [2.05, 4.69) is 23.5 Å². The molecular formula is C14H29N3O3. The molecule has 0 bridgehead atoms. The van der Waals surface area contributed by atoms with E-state index in [0.717, 1.165) is 32.6 Å². The van der Waals surface area contributed by atoms with Gasteiger partial charge in [0, 0.05) is 20.1 Å². The molecule has 6 heteroatoms. The van der Waals surface area contributed by atoms with E-state index in [1.165, 1.54) is 12.0 Å². The molecule has 0 aliphatic rings. The van der Waals surface area contributed by atoms with E-state index >= 15 is 0 Å². The van der Waals surface area contributed by atoms with Gasteiger partial charge in [-0.05, 0) is 33.0 Å². The van der Waals surface area contributed by atoms with Crippen LogP contribution >= 0.6 is 0 Å². The SMILES string of the molecule is CCN(CC)CCCN(CC)C(=O)CN(C)C(=O)OC. The van der Waals surface area contributed by atoms with Crippen LogP contribution in [0.1, 0.15) is 27.2 Å². The van der Waals surface area contributed by atoms with Crippen molar-refractivity contribution < 1.29 is 14.3 Å². The third-order valence-electron chi connectivity index (χ3n) is 3.39. The van der Waals surface area contributed by atoms with Crippen molar-refractivity contribution in [2.24, 2.45) is 0 Å². The number of carbonyl (C=O) groups is 2. The fraction of sp³-hybridized carbons (Fsp3) is 0.857. The van der Waals surface area contributed by atoms with Gasteiger partial charge in [0.2, 0.25) is 5.91 Å². The highest BCUT2D eigenvalue weighted by atomic mass is 16.5. The smallest absolute Gasteiger partial charge is 0.409 e. The summed E-state index contributed by atoms with van der Waals surface area (Å²) in [6.07, 6.45) is 0.459. The van der Waals surface area contributed by atoms with Crippen LogP contribution in [0, 0.1) is 0 Å². The Hall–Kier alpha value is -1.30. The number of amides is 2. The Labute approximate surface area is 122 Å². The second-order valence-electron chi connectivity index (χ2n) is 4.68. The minimum Gasteiger partial charge on any atom is -0.453 e. The van der Waals surface area contributed by atoms with Crippen LogP contribution in [0.4, 0.5) is 4.79 Å². The van der Waals surface area contributed by atoms with Gasteiger partial charge in [-0.3, -0.25) is 4.79 Å². The largest absolute Gasteiger partial charge is 0.453 e. The summed E-state index contributed by atoms with van der Waals surface area (Å²) < 4.78 is 4.58. The standard InChI is InChI=1S/C14H29N3O3/c1-6-16(7-2)10-9-11-17(8-3)13(18)12-15(4)14(19)20-5/h6-12H2,1-5H3. The number of methoxy groups -OCH3 is 1. The summed E-state index contributed by atoms with van der Waals surface area (Å²) in [5.41, 5.74) is 0. The van der Waals surface area contributed by atoms with Gasteiger partial charge in [0.25, 0.3) is 0 Å². The molecule has 0 aromatic carbocycles. The van der Waals surface area contributed by atoms with E-state index in [4.69, 9.17) is 0 Å². The minimum atomic E-state index is -0.488. The van der Waals surface area contributed by atoms with Crippen molar-refractivity contribution in [3.63, 3.8) is 0 Å². The highest BCUT2D eigenvalue weighted by Gasteiger charge is 2.17. The molecule has 0 atom stereocenters. The predicted molar refractivity (Wildman–Crippen MR) is 79.7 cm³/mol. The molecule has 0 rings (SSSR count). The molecule has 0 saturated heterocycles. The number of hydrogen-bond acceptors (Lipinski definition) is 4. The Morgan fingerprint density at radius 3 is 2.05 bits per heavy atom. The fourth-order valence-electron chi connectivity index (χ4n) is 2.01. The number of hydrogen-bond donors (Lipinski definition) is 0. The predicted octanol–water partition coefficient (Wildman–Crippen LogP) is 1.26. The van der Waals surface area contributed by atoms with Crippen molar-refractivity contribution in [2.75, 3.05) is 53.4 Å². The number of ether oxygens (including phenoxy) is 1. The first kappa shape index (κ1) is 18.7. The maximum Gasteiger partial charge on any atom is 0.409 e. The molecular weight excluding hydrogens is 258 g/mol. The molecule has 0 aliphatic carbocycles. The van der Waals surface area contributed by atoms with Crippen LogP contribution in [0.3, 0.4) is 0 Å². The van der Waals surface area contributed by atoms with Gasteiger partial charge >= 0.3 is 6.09 Å². The van der Waals surface area contributed by atoms with Crippen molar-refractivity contribution in [2.45, 2.75) is 27.2 Å². The zero-order valence-corrected chi connectivity index (χ0v) is 13.5. The lowest BCUT2D eigenvalue weighted by Gasteiger charge is -2.25. The topological polar surface area (TPSA) is 53.1 Å². The van der Waals surface area contributed by atoms with E-state index in [1.807, 2.05) is 6.92 Å². The van der Waals surface area contributed by atoms with Gasteiger partial charge in [-0.15, -0.1) is 0 Å². The molecule has 0 saturated carbocycles. The monoisotopic (exact) mass is 287 g/mol. The van der Waals surface area contributed by atoms with Crippen molar-refractivity contribution in [1.82, 2.24) is 14.7 Å². The summed E-state index contributed by atoms with van der Waals surface area (Å²) >= 11 is 0. The second-order valence-corrected chi connectivity index (χ2v) is 4.68. The maximum absolute atomic E-state index is 12.1. The van der Waals surface area contributed by atoms with Crippen LogP contribution in [-0.2, 0) is 9.53 Å². The summed E-state index contributed by atoms with van der Waals surface area (Å²) in [6.45, 7) is 10.7. The fourth-order valence-corrected chi connectivity index (χ4v) is 2.01. The highest BCUT2D eigenvalue weighted by molar-refractivity contribution is 5.82. The van der Waals surface area contributed by atoms with Crippen LogP contribution < -0.4 is 0 Å². The zero-order chi connectivity index (χ0) is 15.5.